The van der Waals surface area contributed by atoms with Gasteiger partial charge >= 0.3 is 5.97 Å². The topological polar surface area (TPSA) is 35.5 Å². The van der Waals surface area contributed by atoms with Gasteiger partial charge in [0.25, 0.3) is 0 Å². The molecule has 68 valence electrons. The highest BCUT2D eigenvalue weighted by molar-refractivity contribution is 5.82. The molecule has 3 heteroatoms. The van der Waals surface area contributed by atoms with E-state index in [0.717, 1.165) is 0 Å². The zero-order chi connectivity index (χ0) is 9.23. The third-order valence-electron chi connectivity index (χ3n) is 1.07. The van der Waals surface area contributed by atoms with Crippen molar-refractivity contribution in [3.8, 4) is 0 Å². The zero-order valence-electron chi connectivity index (χ0n) is 7.45. The van der Waals surface area contributed by atoms with Crippen LogP contribution in [0.1, 0.15) is 6.92 Å². The van der Waals surface area contributed by atoms with E-state index in [-0.39, 0.29) is 5.97 Å². The molecule has 0 aromatic carbocycles. The summed E-state index contributed by atoms with van der Waals surface area (Å²) in [5.74, 6) is -0.342. The molecule has 12 heavy (non-hydrogen) atoms. The molecule has 0 fully saturated rings. The third kappa shape index (κ3) is 7.02. The summed E-state index contributed by atoms with van der Waals surface area (Å²) in [5.41, 5.74) is 0. The van der Waals surface area contributed by atoms with Crippen molar-refractivity contribution < 1.29 is 14.3 Å². The predicted molar refractivity (Wildman–Crippen MR) is 46.8 cm³/mol. The van der Waals surface area contributed by atoms with Crippen molar-refractivity contribution in [2.75, 3.05) is 20.3 Å². The van der Waals surface area contributed by atoms with Crippen molar-refractivity contribution in [1.82, 2.24) is 0 Å². The van der Waals surface area contributed by atoms with Crippen molar-refractivity contribution in [3.63, 3.8) is 0 Å². The Balaban J connectivity index is 3.45. The SMILES string of the molecule is CC=CC=CC(=O)OCCOC. The fourth-order valence-electron chi connectivity index (χ4n) is 0.519. The molecule has 0 amide bonds. The first-order chi connectivity index (χ1) is 5.81. The van der Waals surface area contributed by atoms with E-state index in [0.29, 0.717) is 13.2 Å². The number of allylic oxidation sites excluding steroid dienone is 3. The zero-order valence-corrected chi connectivity index (χ0v) is 7.45. The fraction of sp³-hybridized carbons (Fsp3) is 0.444. The van der Waals surface area contributed by atoms with Crippen LogP contribution >= 0.6 is 0 Å². The Morgan fingerprint density at radius 1 is 1.33 bits per heavy atom. The van der Waals surface area contributed by atoms with E-state index in [1.807, 2.05) is 13.0 Å². The average Bonchev–Trinajstić information content (AvgIpc) is 2.06. The van der Waals surface area contributed by atoms with E-state index in [9.17, 15) is 4.79 Å². The Morgan fingerprint density at radius 3 is 2.67 bits per heavy atom. The molecule has 0 spiro atoms. The molecule has 0 heterocycles. The third-order valence-corrected chi connectivity index (χ3v) is 1.07. The largest absolute Gasteiger partial charge is 0.460 e. The van der Waals surface area contributed by atoms with Gasteiger partial charge in [-0.2, -0.15) is 0 Å². The molecule has 0 bridgehead atoms. The van der Waals surface area contributed by atoms with Gasteiger partial charge in [-0.25, -0.2) is 4.79 Å². The van der Waals surface area contributed by atoms with Crippen LogP contribution in [0, 0.1) is 0 Å². The van der Waals surface area contributed by atoms with Gasteiger partial charge < -0.3 is 9.47 Å². The first-order valence-electron chi connectivity index (χ1n) is 3.76. The standard InChI is InChI=1S/C9H14O3/c1-3-4-5-6-9(10)12-8-7-11-2/h3-6H,7-8H2,1-2H3. The second-order valence-corrected chi connectivity index (χ2v) is 2.05. The van der Waals surface area contributed by atoms with Gasteiger partial charge in [0.2, 0.25) is 0 Å². The van der Waals surface area contributed by atoms with Crippen molar-refractivity contribution in [1.29, 1.82) is 0 Å². The Labute approximate surface area is 72.7 Å². The van der Waals surface area contributed by atoms with E-state index in [1.54, 1.807) is 19.3 Å². The predicted octanol–water partition coefficient (Wildman–Crippen LogP) is 1.31. The van der Waals surface area contributed by atoms with Crippen molar-refractivity contribution in [2.24, 2.45) is 0 Å². The number of methoxy groups -OCH3 is 1. The lowest BCUT2D eigenvalue weighted by molar-refractivity contribution is -0.138. The number of carbonyl (C=O) groups is 1. The monoisotopic (exact) mass is 170 g/mol. The van der Waals surface area contributed by atoms with Crippen LogP contribution in [0.3, 0.4) is 0 Å². The van der Waals surface area contributed by atoms with E-state index in [4.69, 9.17) is 9.47 Å². The number of carbonyl (C=O) groups excluding carboxylic acids is 1. The quantitative estimate of drug-likeness (QED) is 0.270. The van der Waals surface area contributed by atoms with Crippen LogP contribution in [0.2, 0.25) is 0 Å². The van der Waals surface area contributed by atoms with Crippen molar-refractivity contribution in [2.45, 2.75) is 6.92 Å². The van der Waals surface area contributed by atoms with Gasteiger partial charge in [-0.3, -0.25) is 0 Å². The Kier molecular flexibility index (Phi) is 7.28. The normalized spacial score (nSPS) is 11.2. The molecule has 0 rings (SSSR count). The van der Waals surface area contributed by atoms with Gasteiger partial charge in [-0.1, -0.05) is 18.2 Å². The highest BCUT2D eigenvalue weighted by Gasteiger charge is 1.93. The van der Waals surface area contributed by atoms with Crippen LogP contribution in [0.15, 0.2) is 24.3 Å². The molecule has 0 aliphatic carbocycles. The van der Waals surface area contributed by atoms with Crippen LogP contribution in [-0.4, -0.2) is 26.3 Å². The molecule has 0 unspecified atom stereocenters. The molecule has 3 nitrogen and oxygen atoms in total. The van der Waals surface area contributed by atoms with Gasteiger partial charge in [-0.05, 0) is 6.92 Å². The van der Waals surface area contributed by atoms with Gasteiger partial charge in [-0.15, -0.1) is 0 Å². The summed E-state index contributed by atoms with van der Waals surface area (Å²) in [7, 11) is 1.56. The average molecular weight is 170 g/mol. The molecule has 0 N–H and O–H groups in total. The van der Waals surface area contributed by atoms with E-state index < -0.39 is 0 Å². The summed E-state index contributed by atoms with van der Waals surface area (Å²) in [5, 5.41) is 0. The minimum atomic E-state index is -0.342. The van der Waals surface area contributed by atoms with Crippen LogP contribution in [-0.2, 0) is 14.3 Å². The lowest BCUT2D eigenvalue weighted by Crippen LogP contribution is -2.06. The van der Waals surface area contributed by atoms with Crippen molar-refractivity contribution in [3.05, 3.63) is 24.3 Å². The van der Waals surface area contributed by atoms with E-state index in [2.05, 4.69) is 0 Å². The van der Waals surface area contributed by atoms with Crippen molar-refractivity contribution >= 4 is 5.97 Å². The Morgan fingerprint density at radius 2 is 2.08 bits per heavy atom. The van der Waals surface area contributed by atoms with Gasteiger partial charge in [0.15, 0.2) is 0 Å². The van der Waals surface area contributed by atoms with E-state index >= 15 is 0 Å². The lowest BCUT2D eigenvalue weighted by atomic mass is 10.4. The molecule has 0 saturated heterocycles. The minimum Gasteiger partial charge on any atom is -0.460 e. The second kappa shape index (κ2) is 8.01. The molecular weight excluding hydrogens is 156 g/mol. The van der Waals surface area contributed by atoms with Gasteiger partial charge in [0, 0.05) is 13.2 Å². The minimum absolute atomic E-state index is 0.301. The molecule has 0 aromatic rings. The number of esters is 1. The summed E-state index contributed by atoms with van der Waals surface area (Å²) in [6.07, 6.45) is 6.60. The highest BCUT2D eigenvalue weighted by Crippen LogP contribution is 1.83. The maximum Gasteiger partial charge on any atom is 0.330 e. The Hall–Kier alpha value is -1.09. The maximum atomic E-state index is 10.8. The van der Waals surface area contributed by atoms with E-state index in [1.165, 1.54) is 6.08 Å². The smallest absolute Gasteiger partial charge is 0.330 e. The maximum absolute atomic E-state index is 10.8. The molecule has 0 aliphatic heterocycles. The first kappa shape index (κ1) is 10.9. The lowest BCUT2D eigenvalue weighted by Gasteiger charge is -1.98. The summed E-state index contributed by atoms with van der Waals surface area (Å²) in [4.78, 5) is 10.8. The number of ether oxygens (including phenoxy) is 2. The molecular formula is C9H14O3. The summed E-state index contributed by atoms with van der Waals surface area (Å²) >= 11 is 0. The summed E-state index contributed by atoms with van der Waals surface area (Å²) < 4.78 is 9.45. The summed E-state index contributed by atoms with van der Waals surface area (Å²) in [6, 6.07) is 0. The van der Waals surface area contributed by atoms with Crippen LogP contribution < -0.4 is 0 Å². The molecule has 0 aliphatic rings. The molecule has 0 atom stereocenters. The summed E-state index contributed by atoms with van der Waals surface area (Å²) in [6.45, 7) is 2.61. The van der Waals surface area contributed by atoms with Crippen LogP contribution in [0.4, 0.5) is 0 Å². The number of hydrogen-bond acceptors (Lipinski definition) is 3. The van der Waals surface area contributed by atoms with Gasteiger partial charge in [0.1, 0.15) is 6.61 Å². The van der Waals surface area contributed by atoms with Gasteiger partial charge in [0.05, 0.1) is 6.61 Å². The molecule has 0 saturated carbocycles. The number of rotatable bonds is 5. The van der Waals surface area contributed by atoms with Crippen LogP contribution in [0.5, 0.6) is 0 Å². The molecule has 0 aromatic heterocycles. The Bertz CT molecular complexity index is 171. The molecule has 0 radical (unpaired) electrons. The first-order valence-corrected chi connectivity index (χ1v) is 3.76. The van der Waals surface area contributed by atoms with Crippen LogP contribution in [0.25, 0.3) is 0 Å². The number of hydrogen-bond donors (Lipinski definition) is 0. The highest BCUT2D eigenvalue weighted by atomic mass is 16.6. The fourth-order valence-corrected chi connectivity index (χ4v) is 0.519. The second-order valence-electron chi connectivity index (χ2n) is 2.05.